The predicted molar refractivity (Wildman–Crippen MR) is 86.9 cm³/mol. The highest BCUT2D eigenvalue weighted by atomic mass is 32.2. The summed E-state index contributed by atoms with van der Waals surface area (Å²) in [6, 6.07) is 17.8. The van der Waals surface area contributed by atoms with Gasteiger partial charge in [0.15, 0.2) is 0 Å². The number of nitrogens with one attached hydrogen (secondary N) is 1. The van der Waals surface area contributed by atoms with Gasteiger partial charge >= 0.3 is 0 Å². The summed E-state index contributed by atoms with van der Waals surface area (Å²) in [5, 5.41) is 2.94. The molecule has 0 fully saturated rings. The predicted octanol–water partition coefficient (Wildman–Crippen LogP) is 3.15. The van der Waals surface area contributed by atoms with Crippen LogP contribution in [0.2, 0.25) is 0 Å². The molecule has 110 valence electrons. The van der Waals surface area contributed by atoms with E-state index in [1.165, 1.54) is 5.56 Å². The molecule has 4 heteroatoms. The first-order valence-electron chi connectivity index (χ1n) is 6.85. The van der Waals surface area contributed by atoms with E-state index < -0.39 is 0 Å². The van der Waals surface area contributed by atoms with Crippen molar-refractivity contribution in [2.24, 2.45) is 0 Å². The van der Waals surface area contributed by atoms with Gasteiger partial charge in [0.2, 0.25) is 5.91 Å². The fraction of sp³-hybridized carbons (Fsp3) is 0.235. The Labute approximate surface area is 129 Å². The second-order valence-electron chi connectivity index (χ2n) is 4.55. The Hall–Kier alpha value is -1.94. The van der Waals surface area contributed by atoms with Crippen LogP contribution in [0.4, 0.5) is 0 Å². The number of benzene rings is 2. The molecule has 0 aromatic heterocycles. The molecule has 3 nitrogen and oxygen atoms in total. The summed E-state index contributed by atoms with van der Waals surface area (Å²) in [6.45, 7) is 0.653. The number of carbonyl (C=O) groups excluding carboxylic acids is 1. The van der Waals surface area contributed by atoms with E-state index in [0.29, 0.717) is 12.3 Å². The molecule has 1 amide bonds. The summed E-state index contributed by atoms with van der Waals surface area (Å²) in [5.41, 5.74) is 1.19. The maximum Gasteiger partial charge on any atom is 0.230 e. The molecule has 0 radical (unpaired) electrons. The molecule has 2 aromatic carbocycles. The number of rotatable bonds is 7. The largest absolute Gasteiger partial charge is 0.497 e. The fourth-order valence-corrected chi connectivity index (χ4v) is 2.60. The molecule has 0 unspecified atom stereocenters. The van der Waals surface area contributed by atoms with Gasteiger partial charge in [-0.1, -0.05) is 30.3 Å². The molecule has 0 aliphatic rings. The molecule has 0 bridgehead atoms. The lowest BCUT2D eigenvalue weighted by Gasteiger charge is -2.06. The minimum atomic E-state index is 0.0670. The van der Waals surface area contributed by atoms with Crippen LogP contribution in [0.3, 0.4) is 0 Å². The topological polar surface area (TPSA) is 38.3 Å². The zero-order valence-electron chi connectivity index (χ0n) is 12.0. The first-order valence-corrected chi connectivity index (χ1v) is 7.84. The van der Waals surface area contributed by atoms with E-state index >= 15 is 0 Å². The van der Waals surface area contributed by atoms with Crippen molar-refractivity contribution >= 4 is 17.7 Å². The van der Waals surface area contributed by atoms with E-state index in [2.05, 4.69) is 5.32 Å². The zero-order valence-corrected chi connectivity index (χ0v) is 12.9. The summed E-state index contributed by atoms with van der Waals surface area (Å²) in [6.07, 6.45) is 0.825. The zero-order chi connectivity index (χ0) is 14.9. The number of thioether (sulfide) groups is 1. The number of amides is 1. The van der Waals surface area contributed by atoms with Gasteiger partial charge in [0.25, 0.3) is 0 Å². The molecule has 0 saturated carbocycles. The Morgan fingerprint density at radius 1 is 1.10 bits per heavy atom. The van der Waals surface area contributed by atoms with Crippen LogP contribution in [0.1, 0.15) is 5.56 Å². The third kappa shape index (κ3) is 5.52. The lowest BCUT2D eigenvalue weighted by molar-refractivity contribution is -0.118. The van der Waals surface area contributed by atoms with E-state index in [-0.39, 0.29) is 5.91 Å². The third-order valence-corrected chi connectivity index (χ3v) is 4.02. The summed E-state index contributed by atoms with van der Waals surface area (Å²) >= 11 is 1.55. The molecule has 0 spiro atoms. The molecule has 0 heterocycles. The van der Waals surface area contributed by atoms with Crippen LogP contribution >= 0.6 is 11.8 Å². The van der Waals surface area contributed by atoms with E-state index in [9.17, 15) is 4.79 Å². The van der Waals surface area contributed by atoms with Gasteiger partial charge in [0, 0.05) is 11.4 Å². The SMILES string of the molecule is COc1ccc(CCNC(=O)CSc2ccccc2)cc1. The standard InChI is InChI=1S/C17H19NO2S/c1-20-15-9-7-14(8-10-15)11-12-18-17(19)13-21-16-5-3-2-4-6-16/h2-10H,11-13H2,1H3,(H,18,19). The molecule has 0 atom stereocenters. The molecular formula is C17H19NO2S. The Balaban J connectivity index is 1.66. The van der Waals surface area contributed by atoms with E-state index in [1.54, 1.807) is 18.9 Å². The van der Waals surface area contributed by atoms with Gasteiger partial charge in [-0.15, -0.1) is 11.8 Å². The van der Waals surface area contributed by atoms with Crippen molar-refractivity contribution in [3.8, 4) is 5.75 Å². The molecule has 0 aliphatic heterocycles. The maximum atomic E-state index is 11.8. The van der Waals surface area contributed by atoms with Crippen molar-refractivity contribution in [2.45, 2.75) is 11.3 Å². The average molecular weight is 301 g/mol. The molecule has 21 heavy (non-hydrogen) atoms. The highest BCUT2D eigenvalue weighted by Gasteiger charge is 2.02. The van der Waals surface area contributed by atoms with Gasteiger partial charge in [-0.2, -0.15) is 0 Å². The fourth-order valence-electron chi connectivity index (χ4n) is 1.86. The van der Waals surface area contributed by atoms with Crippen molar-refractivity contribution in [3.63, 3.8) is 0 Å². The lowest BCUT2D eigenvalue weighted by Crippen LogP contribution is -2.27. The summed E-state index contributed by atoms with van der Waals surface area (Å²) in [7, 11) is 1.65. The Morgan fingerprint density at radius 3 is 2.48 bits per heavy atom. The highest BCUT2D eigenvalue weighted by molar-refractivity contribution is 8.00. The number of methoxy groups -OCH3 is 1. The number of hydrogen-bond donors (Lipinski definition) is 1. The molecule has 1 N–H and O–H groups in total. The Morgan fingerprint density at radius 2 is 1.81 bits per heavy atom. The van der Waals surface area contributed by atoms with Crippen LogP contribution < -0.4 is 10.1 Å². The van der Waals surface area contributed by atoms with Crippen molar-refractivity contribution in [2.75, 3.05) is 19.4 Å². The van der Waals surface area contributed by atoms with Crippen molar-refractivity contribution in [3.05, 3.63) is 60.2 Å². The summed E-state index contributed by atoms with van der Waals surface area (Å²) in [4.78, 5) is 12.9. The second kappa shape index (κ2) is 8.37. The van der Waals surface area contributed by atoms with Gasteiger partial charge in [0.1, 0.15) is 5.75 Å². The third-order valence-electron chi connectivity index (χ3n) is 3.01. The van der Waals surface area contributed by atoms with Gasteiger partial charge in [-0.3, -0.25) is 4.79 Å². The maximum absolute atomic E-state index is 11.8. The van der Waals surface area contributed by atoms with E-state index in [4.69, 9.17) is 4.74 Å². The van der Waals surface area contributed by atoms with E-state index in [0.717, 1.165) is 17.1 Å². The van der Waals surface area contributed by atoms with Crippen molar-refractivity contribution < 1.29 is 9.53 Å². The van der Waals surface area contributed by atoms with Gasteiger partial charge in [-0.05, 0) is 36.2 Å². The molecular weight excluding hydrogens is 282 g/mol. The first kappa shape index (κ1) is 15.4. The van der Waals surface area contributed by atoms with Gasteiger partial charge in [0.05, 0.1) is 12.9 Å². The van der Waals surface area contributed by atoms with Crippen molar-refractivity contribution in [1.29, 1.82) is 0 Å². The molecule has 2 rings (SSSR count). The number of carbonyl (C=O) groups is 1. The minimum Gasteiger partial charge on any atom is -0.497 e. The number of ether oxygens (including phenoxy) is 1. The van der Waals surface area contributed by atoms with Gasteiger partial charge in [-0.25, -0.2) is 0 Å². The van der Waals surface area contributed by atoms with Crippen LogP contribution in [0.25, 0.3) is 0 Å². The lowest BCUT2D eigenvalue weighted by atomic mass is 10.1. The molecule has 0 aliphatic carbocycles. The summed E-state index contributed by atoms with van der Waals surface area (Å²) < 4.78 is 5.11. The normalized spacial score (nSPS) is 10.1. The smallest absolute Gasteiger partial charge is 0.230 e. The Kier molecular flexibility index (Phi) is 6.16. The van der Waals surface area contributed by atoms with Gasteiger partial charge < -0.3 is 10.1 Å². The first-order chi connectivity index (χ1) is 10.3. The van der Waals surface area contributed by atoms with Crippen LogP contribution in [-0.4, -0.2) is 25.3 Å². The summed E-state index contributed by atoms with van der Waals surface area (Å²) in [5.74, 6) is 1.37. The van der Waals surface area contributed by atoms with Crippen molar-refractivity contribution in [1.82, 2.24) is 5.32 Å². The monoisotopic (exact) mass is 301 g/mol. The number of hydrogen-bond acceptors (Lipinski definition) is 3. The highest BCUT2D eigenvalue weighted by Crippen LogP contribution is 2.16. The molecule has 0 saturated heterocycles. The minimum absolute atomic E-state index is 0.0670. The quantitative estimate of drug-likeness (QED) is 0.798. The van der Waals surface area contributed by atoms with Crippen LogP contribution in [0, 0.1) is 0 Å². The molecule has 2 aromatic rings. The Bertz CT molecular complexity index is 555. The average Bonchev–Trinajstić information content (AvgIpc) is 2.54. The van der Waals surface area contributed by atoms with E-state index in [1.807, 2.05) is 54.6 Å². The van der Waals surface area contributed by atoms with Crippen LogP contribution in [-0.2, 0) is 11.2 Å². The second-order valence-corrected chi connectivity index (χ2v) is 5.60. The van der Waals surface area contributed by atoms with Crippen LogP contribution in [0.5, 0.6) is 5.75 Å². The van der Waals surface area contributed by atoms with Crippen LogP contribution in [0.15, 0.2) is 59.5 Å².